The highest BCUT2D eigenvalue weighted by atomic mass is 32.1. The number of hydrogen-bond acceptors (Lipinski definition) is 4. The summed E-state index contributed by atoms with van der Waals surface area (Å²) in [6.07, 6.45) is 5.96. The van der Waals surface area contributed by atoms with Gasteiger partial charge >= 0.3 is 0 Å². The standard InChI is InChI=1S/C14H22N4S/c1-3-18-8-5-11(6-9-18)17(2)13-10-16-7-4-12(13)14(15)19/h4,7,10-11H,3,5-6,8-9H2,1-2H3,(H2,15,19). The molecular weight excluding hydrogens is 256 g/mol. The number of anilines is 1. The van der Waals surface area contributed by atoms with Crippen LogP contribution in [0.15, 0.2) is 18.5 Å². The number of aromatic nitrogens is 1. The molecule has 2 N–H and O–H groups in total. The molecule has 1 aromatic heterocycles. The van der Waals surface area contributed by atoms with E-state index in [0.717, 1.165) is 30.9 Å². The maximum atomic E-state index is 5.79. The predicted octanol–water partition coefficient (Wildman–Crippen LogP) is 1.64. The highest BCUT2D eigenvalue weighted by Crippen LogP contribution is 2.24. The molecule has 2 heterocycles. The van der Waals surface area contributed by atoms with Crippen molar-refractivity contribution in [1.29, 1.82) is 0 Å². The minimum atomic E-state index is 0.440. The highest BCUT2D eigenvalue weighted by molar-refractivity contribution is 7.80. The zero-order valence-electron chi connectivity index (χ0n) is 11.7. The van der Waals surface area contributed by atoms with Crippen molar-refractivity contribution in [2.24, 2.45) is 5.73 Å². The first kappa shape index (κ1) is 14.2. The van der Waals surface area contributed by atoms with Gasteiger partial charge in [-0.2, -0.15) is 0 Å². The minimum Gasteiger partial charge on any atom is -0.389 e. The molecule has 0 amide bonds. The molecule has 0 unspecified atom stereocenters. The Morgan fingerprint density at radius 3 is 2.79 bits per heavy atom. The molecule has 0 aliphatic carbocycles. The summed E-state index contributed by atoms with van der Waals surface area (Å²) >= 11 is 5.12. The van der Waals surface area contributed by atoms with Crippen molar-refractivity contribution in [3.05, 3.63) is 24.0 Å². The van der Waals surface area contributed by atoms with E-state index in [1.54, 1.807) is 6.20 Å². The quantitative estimate of drug-likeness (QED) is 0.848. The van der Waals surface area contributed by atoms with E-state index in [1.165, 1.54) is 12.8 Å². The molecule has 5 heteroatoms. The third-order valence-electron chi connectivity index (χ3n) is 4.00. The van der Waals surface area contributed by atoms with Gasteiger partial charge < -0.3 is 15.5 Å². The smallest absolute Gasteiger partial charge is 0.106 e. The normalized spacial score (nSPS) is 17.4. The molecule has 1 fully saturated rings. The zero-order valence-corrected chi connectivity index (χ0v) is 12.5. The van der Waals surface area contributed by atoms with Crippen molar-refractivity contribution in [2.45, 2.75) is 25.8 Å². The highest BCUT2D eigenvalue weighted by Gasteiger charge is 2.23. The number of nitrogens with zero attached hydrogens (tertiary/aromatic N) is 3. The van der Waals surface area contributed by atoms with Gasteiger partial charge in [0.05, 0.1) is 11.9 Å². The Hall–Kier alpha value is -1.20. The van der Waals surface area contributed by atoms with Crippen LogP contribution in [-0.2, 0) is 0 Å². The fourth-order valence-corrected chi connectivity index (χ4v) is 2.87. The summed E-state index contributed by atoms with van der Waals surface area (Å²) in [7, 11) is 2.12. The van der Waals surface area contributed by atoms with E-state index in [1.807, 2.05) is 12.3 Å². The van der Waals surface area contributed by atoms with Crippen molar-refractivity contribution in [3.8, 4) is 0 Å². The van der Waals surface area contributed by atoms with Gasteiger partial charge in [0.2, 0.25) is 0 Å². The van der Waals surface area contributed by atoms with Gasteiger partial charge in [-0.25, -0.2) is 0 Å². The molecule has 0 atom stereocenters. The molecule has 1 aliphatic heterocycles. The van der Waals surface area contributed by atoms with Crippen molar-refractivity contribution in [3.63, 3.8) is 0 Å². The molecule has 19 heavy (non-hydrogen) atoms. The number of hydrogen-bond donors (Lipinski definition) is 1. The average molecular weight is 278 g/mol. The number of thiocarbonyl (C=S) groups is 1. The zero-order chi connectivity index (χ0) is 13.8. The molecule has 4 nitrogen and oxygen atoms in total. The largest absolute Gasteiger partial charge is 0.389 e. The molecule has 104 valence electrons. The van der Waals surface area contributed by atoms with Crippen LogP contribution in [0.3, 0.4) is 0 Å². The van der Waals surface area contributed by atoms with Gasteiger partial charge in [0.25, 0.3) is 0 Å². The number of pyridine rings is 1. The van der Waals surface area contributed by atoms with Gasteiger partial charge in [-0.1, -0.05) is 19.1 Å². The Balaban J connectivity index is 2.12. The molecule has 1 aromatic rings. The number of likely N-dealkylation sites (tertiary alicyclic amines) is 1. The Morgan fingerprint density at radius 2 is 2.21 bits per heavy atom. The van der Waals surface area contributed by atoms with Crippen molar-refractivity contribution in [2.75, 3.05) is 31.6 Å². The van der Waals surface area contributed by atoms with Crippen LogP contribution in [0.25, 0.3) is 0 Å². The van der Waals surface area contributed by atoms with Crippen LogP contribution in [0.1, 0.15) is 25.3 Å². The summed E-state index contributed by atoms with van der Waals surface area (Å²) in [6.45, 7) is 5.68. The topological polar surface area (TPSA) is 45.4 Å². The van der Waals surface area contributed by atoms with Crippen LogP contribution in [-0.4, -0.2) is 47.6 Å². The SMILES string of the molecule is CCN1CCC(N(C)c2cnccc2C(N)=S)CC1. The van der Waals surface area contributed by atoms with Gasteiger partial charge in [-0.05, 0) is 25.5 Å². The first-order valence-corrected chi connectivity index (χ1v) is 7.23. The van der Waals surface area contributed by atoms with E-state index < -0.39 is 0 Å². The summed E-state index contributed by atoms with van der Waals surface area (Å²) in [6, 6.07) is 2.44. The third-order valence-corrected chi connectivity index (χ3v) is 4.22. The molecule has 0 aromatic carbocycles. The van der Waals surface area contributed by atoms with Gasteiger partial charge in [0, 0.05) is 37.9 Å². The fourth-order valence-electron chi connectivity index (χ4n) is 2.70. The third kappa shape index (κ3) is 3.22. The average Bonchev–Trinajstić information content (AvgIpc) is 2.46. The Morgan fingerprint density at radius 1 is 1.53 bits per heavy atom. The van der Waals surface area contributed by atoms with Crippen LogP contribution < -0.4 is 10.6 Å². The van der Waals surface area contributed by atoms with Crippen LogP contribution >= 0.6 is 12.2 Å². The van der Waals surface area contributed by atoms with Crippen molar-refractivity contribution in [1.82, 2.24) is 9.88 Å². The number of nitrogens with two attached hydrogens (primary N) is 1. The summed E-state index contributed by atoms with van der Waals surface area (Å²) in [5, 5.41) is 0. The Bertz CT molecular complexity index is 441. The molecule has 2 rings (SSSR count). The van der Waals surface area contributed by atoms with E-state index in [2.05, 4.69) is 28.8 Å². The first-order chi connectivity index (χ1) is 9.13. The first-order valence-electron chi connectivity index (χ1n) is 6.82. The van der Waals surface area contributed by atoms with E-state index in [4.69, 9.17) is 18.0 Å². The second kappa shape index (κ2) is 6.30. The van der Waals surface area contributed by atoms with Gasteiger partial charge in [0.15, 0.2) is 0 Å². The number of piperidine rings is 1. The predicted molar refractivity (Wildman–Crippen MR) is 83.7 cm³/mol. The lowest BCUT2D eigenvalue weighted by Crippen LogP contribution is -2.43. The lowest BCUT2D eigenvalue weighted by atomic mass is 10.0. The second-order valence-electron chi connectivity index (χ2n) is 5.03. The molecular formula is C14H22N4S. The molecule has 0 bridgehead atoms. The summed E-state index contributed by atoms with van der Waals surface area (Å²) in [5.74, 6) is 0. The summed E-state index contributed by atoms with van der Waals surface area (Å²) < 4.78 is 0. The lowest BCUT2D eigenvalue weighted by molar-refractivity contribution is 0.221. The minimum absolute atomic E-state index is 0.440. The number of rotatable bonds is 4. The maximum absolute atomic E-state index is 5.79. The maximum Gasteiger partial charge on any atom is 0.106 e. The van der Waals surface area contributed by atoms with Gasteiger partial charge in [-0.15, -0.1) is 0 Å². The molecule has 1 aliphatic rings. The molecule has 0 saturated carbocycles. The van der Waals surface area contributed by atoms with Gasteiger partial charge in [-0.3, -0.25) is 4.98 Å². The van der Waals surface area contributed by atoms with E-state index in [0.29, 0.717) is 11.0 Å². The molecule has 1 saturated heterocycles. The van der Waals surface area contributed by atoms with E-state index in [-0.39, 0.29) is 0 Å². The van der Waals surface area contributed by atoms with E-state index in [9.17, 15) is 0 Å². The Labute approximate surface area is 120 Å². The van der Waals surface area contributed by atoms with Crippen LogP contribution in [0, 0.1) is 0 Å². The second-order valence-corrected chi connectivity index (χ2v) is 5.47. The van der Waals surface area contributed by atoms with Crippen LogP contribution in [0.2, 0.25) is 0 Å². The molecule has 0 radical (unpaired) electrons. The van der Waals surface area contributed by atoms with Crippen molar-refractivity contribution < 1.29 is 0 Å². The summed E-state index contributed by atoms with van der Waals surface area (Å²) in [5.41, 5.74) is 7.76. The summed E-state index contributed by atoms with van der Waals surface area (Å²) in [4.78, 5) is 9.42. The molecule has 0 spiro atoms. The Kier molecular flexibility index (Phi) is 4.71. The van der Waals surface area contributed by atoms with Crippen LogP contribution in [0.5, 0.6) is 0 Å². The van der Waals surface area contributed by atoms with Crippen LogP contribution in [0.4, 0.5) is 5.69 Å². The lowest BCUT2D eigenvalue weighted by Gasteiger charge is -2.37. The van der Waals surface area contributed by atoms with Crippen molar-refractivity contribution >= 4 is 22.9 Å². The van der Waals surface area contributed by atoms with Gasteiger partial charge in [0.1, 0.15) is 4.99 Å². The monoisotopic (exact) mass is 278 g/mol. The fraction of sp³-hybridized carbons (Fsp3) is 0.571. The van der Waals surface area contributed by atoms with E-state index >= 15 is 0 Å².